The van der Waals surface area contributed by atoms with Crippen molar-refractivity contribution in [2.45, 2.75) is 6.42 Å². The summed E-state index contributed by atoms with van der Waals surface area (Å²) in [5, 5.41) is 2.57. The van der Waals surface area contributed by atoms with Crippen LogP contribution in [0.15, 0.2) is 66.7 Å². The van der Waals surface area contributed by atoms with E-state index in [4.69, 9.17) is 0 Å². The van der Waals surface area contributed by atoms with Crippen LogP contribution in [0.1, 0.15) is 16.1 Å². The number of hydrogen-bond acceptors (Lipinski definition) is 3. The Morgan fingerprint density at radius 1 is 1.00 bits per heavy atom. The minimum absolute atomic E-state index is 0.145. The molecular formula is C20H16FN3O. The number of aromatic nitrogens is 1. The molecule has 0 atom stereocenters. The predicted molar refractivity (Wildman–Crippen MR) is 95.7 cm³/mol. The minimum atomic E-state index is -0.472. The summed E-state index contributed by atoms with van der Waals surface area (Å²) < 4.78 is 13.7. The van der Waals surface area contributed by atoms with Crippen LogP contribution in [0.2, 0.25) is 0 Å². The molecule has 0 spiro atoms. The standard InChI is InChI=1S/C20H16FN3O/c21-15-7-2-3-8-16(15)23-20(25)17-9-5-11-19(22-17)24-13-12-14-6-1-4-10-18(14)24/h1-11H,12-13H2,(H,23,25). The van der Waals surface area contributed by atoms with E-state index in [-0.39, 0.29) is 11.4 Å². The van der Waals surface area contributed by atoms with Crippen LogP contribution in [0.25, 0.3) is 0 Å². The molecule has 0 aliphatic carbocycles. The molecule has 0 bridgehead atoms. The first kappa shape index (κ1) is 15.3. The number of rotatable bonds is 3. The second-order valence-electron chi connectivity index (χ2n) is 5.85. The molecule has 2 heterocycles. The molecular weight excluding hydrogens is 317 g/mol. The van der Waals surface area contributed by atoms with Gasteiger partial charge in [0.05, 0.1) is 5.69 Å². The molecule has 1 N–H and O–H groups in total. The molecule has 0 fully saturated rings. The zero-order chi connectivity index (χ0) is 17.2. The number of benzene rings is 2. The van der Waals surface area contributed by atoms with Gasteiger partial charge in [-0.2, -0.15) is 0 Å². The monoisotopic (exact) mass is 333 g/mol. The molecule has 1 aliphatic rings. The van der Waals surface area contributed by atoms with Crippen molar-refractivity contribution >= 4 is 23.1 Å². The number of pyridine rings is 1. The number of amides is 1. The van der Waals surface area contributed by atoms with Gasteiger partial charge in [0, 0.05) is 12.2 Å². The molecule has 0 saturated heterocycles. The van der Waals surface area contributed by atoms with Crippen LogP contribution >= 0.6 is 0 Å². The zero-order valence-electron chi connectivity index (χ0n) is 13.4. The normalized spacial score (nSPS) is 12.8. The Labute approximate surface area is 144 Å². The van der Waals surface area contributed by atoms with Gasteiger partial charge in [-0.05, 0) is 42.3 Å². The molecule has 1 aliphatic heterocycles. The fraction of sp³-hybridized carbons (Fsp3) is 0.100. The fourth-order valence-electron chi connectivity index (χ4n) is 3.03. The smallest absolute Gasteiger partial charge is 0.274 e. The summed E-state index contributed by atoms with van der Waals surface area (Å²) in [5.41, 5.74) is 2.78. The quantitative estimate of drug-likeness (QED) is 0.782. The highest BCUT2D eigenvalue weighted by Gasteiger charge is 2.21. The Balaban J connectivity index is 1.60. The van der Waals surface area contributed by atoms with Crippen molar-refractivity contribution in [1.82, 2.24) is 4.98 Å². The number of halogens is 1. The average molecular weight is 333 g/mol. The number of fused-ring (bicyclic) bond motifs is 1. The fourth-order valence-corrected chi connectivity index (χ4v) is 3.03. The van der Waals surface area contributed by atoms with Gasteiger partial charge in [-0.1, -0.05) is 36.4 Å². The molecule has 1 amide bonds. The molecule has 5 heteroatoms. The second-order valence-corrected chi connectivity index (χ2v) is 5.85. The van der Waals surface area contributed by atoms with Crippen LogP contribution in [0.3, 0.4) is 0 Å². The van der Waals surface area contributed by atoms with Crippen molar-refractivity contribution in [1.29, 1.82) is 0 Å². The maximum atomic E-state index is 13.7. The predicted octanol–water partition coefficient (Wildman–Crippen LogP) is 4.17. The van der Waals surface area contributed by atoms with Crippen LogP contribution in [0.4, 0.5) is 21.6 Å². The molecule has 0 saturated carbocycles. The first-order chi connectivity index (χ1) is 12.2. The van der Waals surface area contributed by atoms with E-state index in [2.05, 4.69) is 27.3 Å². The number of nitrogens with one attached hydrogen (secondary N) is 1. The Kier molecular flexibility index (Phi) is 3.90. The van der Waals surface area contributed by atoms with Crippen molar-refractivity contribution in [3.05, 3.63) is 83.8 Å². The summed E-state index contributed by atoms with van der Waals surface area (Å²) >= 11 is 0. The van der Waals surface area contributed by atoms with Crippen LogP contribution in [0.5, 0.6) is 0 Å². The van der Waals surface area contributed by atoms with E-state index in [0.717, 1.165) is 18.7 Å². The van der Waals surface area contributed by atoms with E-state index in [0.29, 0.717) is 5.82 Å². The zero-order valence-corrected chi connectivity index (χ0v) is 13.4. The second kappa shape index (κ2) is 6.36. The number of carbonyl (C=O) groups excluding carboxylic acids is 1. The van der Waals surface area contributed by atoms with Gasteiger partial charge in [-0.3, -0.25) is 4.79 Å². The van der Waals surface area contributed by atoms with E-state index in [1.165, 1.54) is 17.7 Å². The van der Waals surface area contributed by atoms with Gasteiger partial charge in [0.15, 0.2) is 0 Å². The maximum absolute atomic E-state index is 13.7. The first-order valence-corrected chi connectivity index (χ1v) is 8.11. The summed E-state index contributed by atoms with van der Waals surface area (Å²) in [5.74, 6) is -0.189. The lowest BCUT2D eigenvalue weighted by atomic mass is 10.2. The maximum Gasteiger partial charge on any atom is 0.274 e. The lowest BCUT2D eigenvalue weighted by molar-refractivity contribution is 0.102. The number of para-hydroxylation sites is 2. The third-order valence-corrected chi connectivity index (χ3v) is 4.25. The topological polar surface area (TPSA) is 45.2 Å². The molecule has 1 aromatic heterocycles. The van der Waals surface area contributed by atoms with Gasteiger partial charge in [0.25, 0.3) is 5.91 Å². The van der Waals surface area contributed by atoms with Gasteiger partial charge in [-0.25, -0.2) is 9.37 Å². The summed E-state index contributed by atoms with van der Waals surface area (Å²) in [4.78, 5) is 19.0. The summed E-state index contributed by atoms with van der Waals surface area (Å²) in [7, 11) is 0. The molecule has 4 nitrogen and oxygen atoms in total. The largest absolute Gasteiger partial charge is 0.326 e. The lowest BCUT2D eigenvalue weighted by Gasteiger charge is -2.18. The molecule has 0 radical (unpaired) electrons. The third-order valence-electron chi connectivity index (χ3n) is 4.25. The van der Waals surface area contributed by atoms with Crippen LogP contribution in [-0.4, -0.2) is 17.4 Å². The highest BCUT2D eigenvalue weighted by Crippen LogP contribution is 2.33. The van der Waals surface area contributed by atoms with Crippen molar-refractivity contribution < 1.29 is 9.18 Å². The Morgan fingerprint density at radius 3 is 2.68 bits per heavy atom. The van der Waals surface area contributed by atoms with Crippen molar-refractivity contribution in [2.24, 2.45) is 0 Å². The minimum Gasteiger partial charge on any atom is -0.326 e. The van der Waals surface area contributed by atoms with Crippen molar-refractivity contribution in [3.8, 4) is 0 Å². The first-order valence-electron chi connectivity index (χ1n) is 8.11. The molecule has 124 valence electrons. The van der Waals surface area contributed by atoms with Crippen LogP contribution < -0.4 is 10.2 Å². The van der Waals surface area contributed by atoms with Gasteiger partial charge >= 0.3 is 0 Å². The summed E-state index contributed by atoms with van der Waals surface area (Å²) in [6.07, 6.45) is 0.948. The van der Waals surface area contributed by atoms with E-state index in [9.17, 15) is 9.18 Å². The number of nitrogens with zero attached hydrogens (tertiary/aromatic N) is 2. The van der Waals surface area contributed by atoms with Crippen molar-refractivity contribution in [3.63, 3.8) is 0 Å². The Morgan fingerprint density at radius 2 is 1.80 bits per heavy atom. The molecule has 2 aromatic carbocycles. The highest BCUT2D eigenvalue weighted by atomic mass is 19.1. The van der Waals surface area contributed by atoms with E-state index in [1.54, 1.807) is 24.3 Å². The van der Waals surface area contributed by atoms with Crippen molar-refractivity contribution in [2.75, 3.05) is 16.8 Å². The number of hydrogen-bond donors (Lipinski definition) is 1. The van der Waals surface area contributed by atoms with Gasteiger partial charge in [0.2, 0.25) is 0 Å². The molecule has 3 aromatic rings. The lowest BCUT2D eigenvalue weighted by Crippen LogP contribution is -2.19. The molecule has 4 rings (SSSR count). The van der Waals surface area contributed by atoms with Crippen LogP contribution in [0, 0.1) is 5.82 Å². The van der Waals surface area contributed by atoms with Gasteiger partial charge < -0.3 is 10.2 Å². The summed E-state index contributed by atoms with van der Waals surface area (Å²) in [6, 6.07) is 19.5. The number of carbonyl (C=O) groups is 1. The summed E-state index contributed by atoms with van der Waals surface area (Å²) in [6.45, 7) is 0.824. The average Bonchev–Trinajstić information content (AvgIpc) is 3.08. The highest BCUT2D eigenvalue weighted by molar-refractivity contribution is 6.03. The van der Waals surface area contributed by atoms with E-state index >= 15 is 0 Å². The van der Waals surface area contributed by atoms with E-state index in [1.807, 2.05) is 18.2 Å². The van der Waals surface area contributed by atoms with Gasteiger partial charge in [-0.15, -0.1) is 0 Å². The Bertz CT molecular complexity index is 941. The third kappa shape index (κ3) is 2.96. The number of anilines is 3. The van der Waals surface area contributed by atoms with Gasteiger partial charge in [0.1, 0.15) is 17.3 Å². The molecule has 25 heavy (non-hydrogen) atoms. The Hall–Kier alpha value is -3.21. The molecule has 0 unspecified atom stereocenters. The SMILES string of the molecule is O=C(Nc1ccccc1F)c1cccc(N2CCc3ccccc32)n1. The van der Waals surface area contributed by atoms with E-state index < -0.39 is 11.7 Å². The van der Waals surface area contributed by atoms with Crippen LogP contribution in [-0.2, 0) is 6.42 Å².